The maximum atomic E-state index is 12.3. The van der Waals surface area contributed by atoms with Gasteiger partial charge in [-0.2, -0.15) is 8.42 Å². The van der Waals surface area contributed by atoms with Gasteiger partial charge in [-0.25, -0.2) is 8.42 Å². The Morgan fingerprint density at radius 2 is 0.881 bits per heavy atom. The Morgan fingerprint density at radius 1 is 0.508 bits per heavy atom. The Labute approximate surface area is 383 Å². The minimum atomic E-state index is -4.49. The molecule has 4 aromatic carbocycles. The van der Waals surface area contributed by atoms with Gasteiger partial charge in [0.1, 0.15) is 27.4 Å². The number of benzene rings is 4. The van der Waals surface area contributed by atoms with Crippen molar-refractivity contribution in [3.8, 4) is 34.5 Å². The molecule has 0 aliphatic carbocycles. The normalized spacial score (nSPS) is 11.3. The molecule has 0 aliphatic heterocycles. The smallest absolute Gasteiger partial charge is 0.870 e. The summed E-state index contributed by atoms with van der Waals surface area (Å²) in [6.07, 6.45) is 24.7. The van der Waals surface area contributed by atoms with E-state index in [4.69, 9.17) is 14.0 Å². The van der Waals surface area contributed by atoms with Crippen LogP contribution in [0.15, 0.2) is 94.7 Å². The van der Waals surface area contributed by atoms with E-state index >= 15 is 0 Å². The zero-order chi connectivity index (χ0) is 42.2. The number of phenols is 1. The third kappa shape index (κ3) is 21.5. The number of unbranched alkanes of at least 4 members (excludes halogenated alkanes) is 16. The van der Waals surface area contributed by atoms with Crippen molar-refractivity contribution in [3.05, 3.63) is 96.1 Å². The number of hydrogen-bond donors (Lipinski definition) is 2. The monoisotopic (exact) mass is 878 g/mol. The van der Waals surface area contributed by atoms with Gasteiger partial charge in [-0.1, -0.05) is 141 Å². The third-order valence-electron chi connectivity index (χ3n) is 9.86. The van der Waals surface area contributed by atoms with Crippen LogP contribution in [0, 0.1) is 0 Å². The Balaban J connectivity index is 0.000000400. The summed E-state index contributed by atoms with van der Waals surface area (Å²) < 4.78 is 75.1. The Bertz CT molecular complexity index is 1840. The standard InChI is InChI=1S/2C23H32O5S.Ca/c2*1-2-3-4-5-6-7-8-9-10-11-19-12-17-23(22(24)18-19)28-20-13-15-21(16-14-20)29(25,26)27;/h2*12-18,24H,2-11H2,1H3,(H,25,26,27);/q;;+2/p-2. The molecule has 0 bridgehead atoms. The second-order valence-electron chi connectivity index (χ2n) is 14.8. The first-order chi connectivity index (χ1) is 27.8. The van der Waals surface area contributed by atoms with E-state index < -0.39 is 20.2 Å². The maximum absolute atomic E-state index is 12.3. The van der Waals surface area contributed by atoms with E-state index in [1.165, 1.54) is 151 Å². The molecular formula is C46H62CaO10S2. The third-order valence-corrected chi connectivity index (χ3v) is 11.6. The van der Waals surface area contributed by atoms with Gasteiger partial charge in [0.15, 0.2) is 11.5 Å². The molecule has 0 aliphatic rings. The van der Waals surface area contributed by atoms with Crippen LogP contribution >= 0.6 is 0 Å². The van der Waals surface area contributed by atoms with Crippen molar-refractivity contribution in [2.45, 2.75) is 152 Å². The first-order valence-electron chi connectivity index (χ1n) is 20.9. The largest absolute Gasteiger partial charge is 2.00 e. The zero-order valence-corrected chi connectivity index (χ0v) is 38.8. The van der Waals surface area contributed by atoms with Crippen LogP contribution in [0.3, 0.4) is 0 Å². The molecule has 0 fully saturated rings. The molecule has 0 atom stereocenters. The maximum Gasteiger partial charge on any atom is 2.00 e. The van der Waals surface area contributed by atoms with Gasteiger partial charge in [0, 0.05) is 0 Å². The molecule has 4 rings (SSSR count). The van der Waals surface area contributed by atoms with Crippen molar-refractivity contribution in [1.82, 2.24) is 0 Å². The van der Waals surface area contributed by atoms with Crippen LogP contribution in [0.4, 0.5) is 0 Å². The quantitative estimate of drug-likeness (QED) is 0.0351. The second kappa shape index (κ2) is 28.6. The number of phenolic OH excluding ortho intramolecular Hbond substituents is 1. The molecule has 59 heavy (non-hydrogen) atoms. The molecule has 4 aromatic rings. The van der Waals surface area contributed by atoms with Crippen LogP contribution in [0.5, 0.6) is 34.5 Å². The van der Waals surface area contributed by atoms with E-state index in [-0.39, 0.29) is 64.8 Å². The number of aromatic hydroxyl groups is 1. The molecule has 0 amide bonds. The Morgan fingerprint density at radius 3 is 1.27 bits per heavy atom. The van der Waals surface area contributed by atoms with Gasteiger partial charge in [0.2, 0.25) is 0 Å². The molecule has 0 heterocycles. The molecule has 0 unspecified atom stereocenters. The van der Waals surface area contributed by atoms with Gasteiger partial charge in [-0.3, -0.25) is 4.55 Å². The molecule has 320 valence electrons. The average molecular weight is 879 g/mol. The van der Waals surface area contributed by atoms with Crippen molar-refractivity contribution in [2.24, 2.45) is 0 Å². The summed E-state index contributed by atoms with van der Waals surface area (Å²) in [5.41, 5.74) is 2.07. The fourth-order valence-electron chi connectivity index (χ4n) is 6.48. The summed E-state index contributed by atoms with van der Waals surface area (Å²) in [7, 11) is -8.73. The SMILES string of the molecule is CCCCCCCCCCCc1ccc(Oc2ccc(S(=O)(=O)O)cc2)c(O)c1.CCCCCCCCCCCc1ccc(Oc2ccc(S(=O)(=O)[O-])cc2)c([O-])c1.[Ca+2]. The molecule has 13 heteroatoms. The first kappa shape index (κ1) is 52.3. The fourth-order valence-corrected chi connectivity index (χ4v) is 7.43. The summed E-state index contributed by atoms with van der Waals surface area (Å²) in [6.45, 7) is 4.47. The molecular weight excluding hydrogens is 817 g/mol. The van der Waals surface area contributed by atoms with Gasteiger partial charge < -0.3 is 24.2 Å². The summed E-state index contributed by atoms with van der Waals surface area (Å²) >= 11 is 0. The van der Waals surface area contributed by atoms with Gasteiger partial charge in [-0.05, 0) is 104 Å². The van der Waals surface area contributed by atoms with Crippen LogP contribution in [0.25, 0.3) is 0 Å². The van der Waals surface area contributed by atoms with E-state index in [0.717, 1.165) is 36.8 Å². The topological polar surface area (TPSA) is 173 Å². The molecule has 0 aromatic heterocycles. The summed E-state index contributed by atoms with van der Waals surface area (Å²) in [5, 5.41) is 22.5. The number of rotatable bonds is 26. The van der Waals surface area contributed by atoms with Crippen LogP contribution in [-0.4, -0.2) is 68.8 Å². The minimum Gasteiger partial charge on any atom is -0.870 e. The van der Waals surface area contributed by atoms with Crippen molar-refractivity contribution in [2.75, 3.05) is 0 Å². The van der Waals surface area contributed by atoms with Crippen LogP contribution < -0.4 is 14.6 Å². The zero-order valence-electron chi connectivity index (χ0n) is 34.9. The molecule has 0 saturated heterocycles. The molecule has 10 nitrogen and oxygen atoms in total. The van der Waals surface area contributed by atoms with Crippen LogP contribution in [-0.2, 0) is 33.1 Å². The fraction of sp³-hybridized carbons (Fsp3) is 0.478. The van der Waals surface area contributed by atoms with Gasteiger partial charge >= 0.3 is 37.7 Å². The molecule has 0 saturated carbocycles. The van der Waals surface area contributed by atoms with Crippen molar-refractivity contribution >= 4 is 58.0 Å². The van der Waals surface area contributed by atoms with Crippen molar-refractivity contribution < 1.29 is 45.6 Å². The van der Waals surface area contributed by atoms with Crippen molar-refractivity contribution in [3.63, 3.8) is 0 Å². The Hall–Kier alpha value is -2.84. The van der Waals surface area contributed by atoms with Crippen molar-refractivity contribution in [1.29, 1.82) is 0 Å². The molecule has 0 spiro atoms. The summed E-state index contributed by atoms with van der Waals surface area (Å²) in [5.74, 6) is 1.01. The van der Waals surface area contributed by atoms with Crippen LogP contribution in [0.1, 0.15) is 141 Å². The van der Waals surface area contributed by atoms with E-state index in [0.29, 0.717) is 17.2 Å². The predicted octanol–water partition coefficient (Wildman–Crippen LogP) is 11.7. The van der Waals surface area contributed by atoms with Gasteiger partial charge in [0.25, 0.3) is 10.1 Å². The Kier molecular flexibility index (Phi) is 25.4. The molecule has 0 radical (unpaired) electrons. The predicted molar refractivity (Wildman–Crippen MR) is 232 cm³/mol. The number of aryl methyl sites for hydroxylation is 2. The second-order valence-corrected chi connectivity index (χ2v) is 17.6. The van der Waals surface area contributed by atoms with E-state index in [1.54, 1.807) is 24.3 Å². The van der Waals surface area contributed by atoms with E-state index in [1.807, 2.05) is 12.1 Å². The molecule has 2 N–H and O–H groups in total. The average Bonchev–Trinajstić information content (AvgIpc) is 3.18. The summed E-state index contributed by atoms with van der Waals surface area (Å²) in [4.78, 5) is -0.533. The van der Waals surface area contributed by atoms with E-state index in [9.17, 15) is 31.6 Å². The minimum absolute atomic E-state index is 0. The first-order valence-corrected chi connectivity index (χ1v) is 23.8. The summed E-state index contributed by atoms with van der Waals surface area (Å²) in [6, 6.07) is 20.9. The van der Waals surface area contributed by atoms with Crippen LogP contribution in [0.2, 0.25) is 0 Å². The number of ether oxygens (including phenoxy) is 2. The van der Waals surface area contributed by atoms with E-state index in [2.05, 4.69) is 13.8 Å². The van der Waals surface area contributed by atoms with Gasteiger partial charge in [-0.15, -0.1) is 0 Å². The number of hydrogen-bond acceptors (Lipinski definition) is 9. The van der Waals surface area contributed by atoms with Gasteiger partial charge in [0.05, 0.1) is 9.79 Å².